The van der Waals surface area contributed by atoms with E-state index in [1.165, 1.54) is 26.4 Å². The van der Waals surface area contributed by atoms with Crippen LogP contribution >= 0.6 is 0 Å². The van der Waals surface area contributed by atoms with Gasteiger partial charge in [0.25, 0.3) is 0 Å². The summed E-state index contributed by atoms with van der Waals surface area (Å²) in [4.78, 5) is 27.8. The molecule has 0 atom stereocenters. The zero-order valence-corrected chi connectivity index (χ0v) is 16.7. The Morgan fingerprint density at radius 3 is 2.31 bits per heavy atom. The minimum Gasteiger partial charge on any atom is -0.480 e. The highest BCUT2D eigenvalue weighted by atomic mass is 16.6. The summed E-state index contributed by atoms with van der Waals surface area (Å²) >= 11 is 0. The predicted molar refractivity (Wildman–Crippen MR) is 110 cm³/mol. The molecule has 0 spiro atoms. The number of para-hydroxylation sites is 1. The Balaban J connectivity index is 0.000000438. The van der Waals surface area contributed by atoms with Crippen LogP contribution in [0.4, 0.5) is 16.2 Å². The van der Waals surface area contributed by atoms with Gasteiger partial charge in [0.15, 0.2) is 0 Å². The number of aliphatic carboxylic acids is 1. The zero-order chi connectivity index (χ0) is 20.9. The molecular formula is C22H28N2O5. The minimum atomic E-state index is -0.933. The van der Waals surface area contributed by atoms with Crippen LogP contribution in [0.25, 0.3) is 0 Å². The molecule has 29 heavy (non-hydrogen) atoms. The van der Waals surface area contributed by atoms with Crippen LogP contribution in [0.1, 0.15) is 32.1 Å². The van der Waals surface area contributed by atoms with Crippen LogP contribution in [-0.2, 0) is 14.3 Å². The largest absolute Gasteiger partial charge is 0.480 e. The number of nitrogens with zero attached hydrogens (tertiary/aromatic N) is 2. The van der Waals surface area contributed by atoms with Gasteiger partial charge in [0.05, 0.1) is 24.2 Å². The summed E-state index contributed by atoms with van der Waals surface area (Å²) in [6, 6.07) is 13.2. The van der Waals surface area contributed by atoms with Gasteiger partial charge in [-0.15, -0.1) is 0 Å². The highest BCUT2D eigenvalue weighted by molar-refractivity contribution is 5.95. The summed E-state index contributed by atoms with van der Waals surface area (Å²) in [6.07, 6.45) is 9.14. The molecule has 1 fully saturated rings. The normalized spacial score (nSPS) is 13.7. The highest BCUT2D eigenvalue weighted by Gasteiger charge is 2.22. The molecule has 1 N–H and O–H groups in total. The van der Waals surface area contributed by atoms with Crippen LogP contribution in [-0.4, -0.2) is 42.5 Å². The number of ether oxygens (including phenoxy) is 2. The first-order valence-electron chi connectivity index (χ1n) is 9.74. The number of benzene rings is 1. The molecule has 0 aliphatic heterocycles. The number of carboxylic acids is 1. The second-order valence-corrected chi connectivity index (χ2v) is 6.79. The Kier molecular flexibility index (Phi) is 9.65. The van der Waals surface area contributed by atoms with Crippen LogP contribution in [0.3, 0.4) is 0 Å². The van der Waals surface area contributed by atoms with Crippen molar-refractivity contribution in [3.8, 4) is 0 Å². The van der Waals surface area contributed by atoms with E-state index in [1.807, 2.05) is 42.5 Å². The number of hydrogen-bond acceptors (Lipinski definition) is 5. The van der Waals surface area contributed by atoms with Gasteiger partial charge in [-0.05, 0) is 43.0 Å². The molecule has 1 aromatic carbocycles. The van der Waals surface area contributed by atoms with Crippen LogP contribution in [0.2, 0.25) is 0 Å². The van der Waals surface area contributed by atoms with Gasteiger partial charge in [-0.3, -0.25) is 4.98 Å². The van der Waals surface area contributed by atoms with Crippen LogP contribution in [0.5, 0.6) is 0 Å². The average Bonchev–Trinajstić information content (AvgIpc) is 2.75. The van der Waals surface area contributed by atoms with E-state index < -0.39 is 5.97 Å². The zero-order valence-electron chi connectivity index (χ0n) is 16.7. The minimum absolute atomic E-state index is 0.208. The van der Waals surface area contributed by atoms with Crippen molar-refractivity contribution in [1.82, 2.24) is 4.98 Å². The molecule has 7 nitrogen and oxygen atoms in total. The molecule has 1 aliphatic rings. The summed E-state index contributed by atoms with van der Waals surface area (Å²) in [7, 11) is 1.34. The first-order valence-corrected chi connectivity index (χ1v) is 9.74. The second kappa shape index (κ2) is 12.5. The van der Waals surface area contributed by atoms with Gasteiger partial charge < -0.3 is 14.6 Å². The van der Waals surface area contributed by atoms with E-state index in [2.05, 4.69) is 9.72 Å². The van der Waals surface area contributed by atoms with Crippen molar-refractivity contribution < 1.29 is 24.2 Å². The van der Waals surface area contributed by atoms with Crippen molar-refractivity contribution in [3.63, 3.8) is 0 Å². The Hall–Kier alpha value is -2.93. The monoisotopic (exact) mass is 400 g/mol. The van der Waals surface area contributed by atoms with Gasteiger partial charge in [-0.25, -0.2) is 14.5 Å². The maximum atomic E-state index is 12.7. The van der Waals surface area contributed by atoms with E-state index in [9.17, 15) is 9.59 Å². The predicted octanol–water partition coefficient (Wildman–Crippen LogP) is 4.65. The molecule has 0 radical (unpaired) electrons. The van der Waals surface area contributed by atoms with Crippen molar-refractivity contribution in [2.75, 3.05) is 25.2 Å². The quantitative estimate of drug-likeness (QED) is 0.759. The van der Waals surface area contributed by atoms with Crippen LogP contribution in [0, 0.1) is 5.92 Å². The Labute approximate surface area is 171 Å². The molecule has 0 saturated heterocycles. The number of carboxylic acid groups (broad SMARTS) is 1. The molecule has 1 saturated carbocycles. The molecule has 156 valence electrons. The van der Waals surface area contributed by atoms with Crippen LogP contribution < -0.4 is 4.90 Å². The molecular weight excluding hydrogens is 372 g/mol. The standard InChI is InChI=1S/C19H22N2O2.C3H6O3/c22-19(23-15-16-8-3-1-4-9-16)21(17-10-5-2-6-11-17)18-12-7-13-20-14-18;1-6-2-3(4)5/h2,5-7,10-14,16H,1,3-4,8-9,15H2;2H2,1H3,(H,4,5). The summed E-state index contributed by atoms with van der Waals surface area (Å²) in [6.45, 7) is 0.294. The first kappa shape index (κ1) is 22.4. The summed E-state index contributed by atoms with van der Waals surface area (Å²) in [5, 5.41) is 7.79. The third-order valence-corrected chi connectivity index (χ3v) is 4.54. The van der Waals surface area contributed by atoms with Gasteiger partial charge in [0.2, 0.25) is 0 Å². The first-order chi connectivity index (χ1) is 14.1. The number of carbonyl (C=O) groups excluding carboxylic acids is 1. The fraction of sp³-hybridized carbons (Fsp3) is 0.409. The molecule has 0 unspecified atom stereocenters. The number of anilines is 2. The smallest absolute Gasteiger partial charge is 0.419 e. The van der Waals surface area contributed by atoms with E-state index in [0.717, 1.165) is 18.5 Å². The lowest BCUT2D eigenvalue weighted by molar-refractivity contribution is -0.141. The van der Waals surface area contributed by atoms with Gasteiger partial charge in [-0.2, -0.15) is 0 Å². The molecule has 2 aromatic rings. The molecule has 0 bridgehead atoms. The van der Waals surface area contributed by atoms with E-state index in [4.69, 9.17) is 9.84 Å². The molecule has 3 rings (SSSR count). The van der Waals surface area contributed by atoms with Gasteiger partial charge >= 0.3 is 12.1 Å². The lowest BCUT2D eigenvalue weighted by atomic mass is 9.90. The summed E-state index contributed by atoms with van der Waals surface area (Å²) in [5.41, 5.74) is 1.50. The number of rotatable bonds is 6. The number of aromatic nitrogens is 1. The summed E-state index contributed by atoms with van der Waals surface area (Å²) < 4.78 is 9.82. The van der Waals surface area contributed by atoms with Crippen molar-refractivity contribution in [3.05, 3.63) is 54.9 Å². The van der Waals surface area contributed by atoms with Gasteiger partial charge in [-0.1, -0.05) is 37.5 Å². The third kappa shape index (κ3) is 7.91. The molecule has 1 amide bonds. The maximum absolute atomic E-state index is 12.7. The van der Waals surface area contributed by atoms with E-state index in [-0.39, 0.29) is 12.7 Å². The summed E-state index contributed by atoms with van der Waals surface area (Å²) in [5.74, 6) is -0.434. The number of amides is 1. The van der Waals surface area contributed by atoms with Crippen molar-refractivity contribution in [2.24, 2.45) is 5.92 Å². The number of pyridine rings is 1. The lowest BCUT2D eigenvalue weighted by Gasteiger charge is -2.25. The molecule has 1 aliphatic carbocycles. The Morgan fingerprint density at radius 2 is 1.76 bits per heavy atom. The fourth-order valence-corrected chi connectivity index (χ4v) is 3.15. The van der Waals surface area contributed by atoms with Crippen LogP contribution in [0.15, 0.2) is 54.9 Å². The van der Waals surface area contributed by atoms with Gasteiger partial charge in [0, 0.05) is 13.3 Å². The lowest BCUT2D eigenvalue weighted by Crippen LogP contribution is -2.29. The average molecular weight is 400 g/mol. The van der Waals surface area contributed by atoms with Crippen molar-refractivity contribution >= 4 is 23.4 Å². The van der Waals surface area contributed by atoms with E-state index >= 15 is 0 Å². The number of hydrogen-bond donors (Lipinski definition) is 1. The van der Waals surface area contributed by atoms with Crippen molar-refractivity contribution in [2.45, 2.75) is 32.1 Å². The van der Waals surface area contributed by atoms with E-state index in [1.54, 1.807) is 17.3 Å². The molecule has 1 aromatic heterocycles. The number of carbonyl (C=O) groups is 2. The Morgan fingerprint density at radius 1 is 1.07 bits per heavy atom. The molecule has 1 heterocycles. The Bertz CT molecular complexity index is 694. The van der Waals surface area contributed by atoms with Gasteiger partial charge in [0.1, 0.15) is 6.61 Å². The molecule has 7 heteroatoms. The topological polar surface area (TPSA) is 89.0 Å². The highest BCUT2D eigenvalue weighted by Crippen LogP contribution is 2.27. The van der Waals surface area contributed by atoms with Crippen molar-refractivity contribution in [1.29, 1.82) is 0 Å². The third-order valence-electron chi connectivity index (χ3n) is 4.54. The van der Waals surface area contributed by atoms with E-state index in [0.29, 0.717) is 18.2 Å². The maximum Gasteiger partial charge on any atom is 0.419 e. The SMILES string of the molecule is COCC(=O)O.O=C(OCC1CCCCC1)N(c1ccccc1)c1cccnc1. The second-order valence-electron chi connectivity index (χ2n) is 6.79. The fourth-order valence-electron chi connectivity index (χ4n) is 3.15. The number of methoxy groups -OCH3 is 1.